The van der Waals surface area contributed by atoms with E-state index in [1.165, 1.54) is 11.8 Å². The number of carbonyl (C=O) groups is 2. The van der Waals surface area contributed by atoms with E-state index in [0.29, 0.717) is 18.1 Å². The van der Waals surface area contributed by atoms with E-state index in [1.807, 2.05) is 10.8 Å². The van der Waals surface area contributed by atoms with E-state index in [9.17, 15) is 9.59 Å². The maximum absolute atomic E-state index is 12.0. The van der Waals surface area contributed by atoms with Crippen molar-refractivity contribution in [1.82, 2.24) is 20.0 Å². The molecule has 0 saturated heterocycles. The van der Waals surface area contributed by atoms with Crippen molar-refractivity contribution in [3.63, 3.8) is 0 Å². The molecule has 0 aliphatic rings. The van der Waals surface area contributed by atoms with Gasteiger partial charge >= 0.3 is 0 Å². The summed E-state index contributed by atoms with van der Waals surface area (Å²) < 4.78 is 6.84. The fourth-order valence-electron chi connectivity index (χ4n) is 1.89. The van der Waals surface area contributed by atoms with Crippen LogP contribution in [0.5, 0.6) is 0 Å². The second kappa shape index (κ2) is 9.11. The van der Waals surface area contributed by atoms with Crippen molar-refractivity contribution in [2.24, 2.45) is 0 Å². The van der Waals surface area contributed by atoms with Crippen molar-refractivity contribution in [3.05, 3.63) is 30.5 Å². The zero-order valence-corrected chi connectivity index (χ0v) is 14.5. The summed E-state index contributed by atoms with van der Waals surface area (Å²) in [5, 5.41) is 8.83. The molecule has 2 aromatic rings. The van der Waals surface area contributed by atoms with Crippen molar-refractivity contribution < 1.29 is 14.1 Å². The molecule has 0 spiro atoms. The summed E-state index contributed by atoms with van der Waals surface area (Å²) in [4.78, 5) is 27.7. The number of hydrogen-bond donors (Lipinski definition) is 2. The van der Waals surface area contributed by atoms with Gasteiger partial charge in [0.1, 0.15) is 5.76 Å². The predicted molar refractivity (Wildman–Crippen MR) is 91.6 cm³/mol. The van der Waals surface area contributed by atoms with Gasteiger partial charge in [0.05, 0.1) is 17.3 Å². The van der Waals surface area contributed by atoms with Crippen LogP contribution in [0.2, 0.25) is 0 Å². The number of anilines is 1. The van der Waals surface area contributed by atoms with E-state index in [0.717, 1.165) is 13.0 Å². The maximum atomic E-state index is 12.0. The lowest BCUT2D eigenvalue weighted by Crippen LogP contribution is -2.29. The molecular weight excluding hydrogens is 330 g/mol. The van der Waals surface area contributed by atoms with E-state index in [-0.39, 0.29) is 22.8 Å². The van der Waals surface area contributed by atoms with Crippen LogP contribution in [-0.4, -0.2) is 44.1 Å². The largest absolute Gasteiger partial charge is 0.360 e. The molecule has 0 fully saturated rings. The minimum absolute atomic E-state index is 0.0810. The number of nitrogens with zero attached hydrogens (tertiary/aromatic N) is 3. The van der Waals surface area contributed by atoms with Gasteiger partial charge in [-0.05, 0) is 20.3 Å². The van der Waals surface area contributed by atoms with Crippen molar-refractivity contribution in [2.45, 2.75) is 32.1 Å². The monoisotopic (exact) mass is 351 g/mol. The molecule has 0 aromatic carbocycles. The van der Waals surface area contributed by atoms with Gasteiger partial charge in [-0.1, -0.05) is 5.16 Å². The minimum atomic E-state index is -0.362. The van der Waals surface area contributed by atoms with Gasteiger partial charge in [-0.3, -0.25) is 9.59 Å². The molecule has 0 bridgehead atoms. The Balaban J connectivity index is 1.59. The van der Waals surface area contributed by atoms with Crippen molar-refractivity contribution in [3.8, 4) is 0 Å². The van der Waals surface area contributed by atoms with Crippen LogP contribution >= 0.6 is 11.8 Å². The maximum Gasteiger partial charge on any atom is 0.238 e. The first-order chi connectivity index (χ1) is 11.5. The molecule has 2 N–H and O–H groups in total. The normalized spacial score (nSPS) is 11.9. The SMILES string of the molecule is Cc1cc(NC(=O)[C@H](C)SCC(=O)NCCCn2ccnc2)no1. The third-order valence-electron chi connectivity index (χ3n) is 3.19. The zero-order chi connectivity index (χ0) is 17.4. The highest BCUT2D eigenvalue weighted by molar-refractivity contribution is 8.01. The van der Waals surface area contributed by atoms with E-state index in [1.54, 1.807) is 32.4 Å². The molecule has 8 nitrogen and oxygen atoms in total. The van der Waals surface area contributed by atoms with Crippen molar-refractivity contribution in [1.29, 1.82) is 0 Å². The topological polar surface area (TPSA) is 102 Å². The lowest BCUT2D eigenvalue weighted by molar-refractivity contribution is -0.118. The number of aromatic nitrogens is 3. The van der Waals surface area contributed by atoms with Gasteiger partial charge in [-0.15, -0.1) is 11.8 Å². The Morgan fingerprint density at radius 1 is 1.46 bits per heavy atom. The molecule has 0 aliphatic carbocycles. The summed E-state index contributed by atoms with van der Waals surface area (Å²) in [5.41, 5.74) is 0. The first-order valence-electron chi connectivity index (χ1n) is 7.63. The number of imidazole rings is 1. The van der Waals surface area contributed by atoms with Crippen LogP contribution in [0, 0.1) is 6.92 Å². The zero-order valence-electron chi connectivity index (χ0n) is 13.7. The highest BCUT2D eigenvalue weighted by Crippen LogP contribution is 2.14. The smallest absolute Gasteiger partial charge is 0.238 e. The van der Waals surface area contributed by atoms with E-state index in [2.05, 4.69) is 20.8 Å². The van der Waals surface area contributed by atoms with Crippen LogP contribution in [0.1, 0.15) is 19.1 Å². The molecule has 2 amide bonds. The third kappa shape index (κ3) is 6.07. The van der Waals surface area contributed by atoms with Crippen LogP contribution in [0.4, 0.5) is 5.82 Å². The van der Waals surface area contributed by atoms with Crippen LogP contribution < -0.4 is 10.6 Å². The number of hydrogen-bond acceptors (Lipinski definition) is 6. The molecule has 9 heteroatoms. The molecule has 24 heavy (non-hydrogen) atoms. The van der Waals surface area contributed by atoms with Crippen molar-refractivity contribution in [2.75, 3.05) is 17.6 Å². The molecule has 2 rings (SSSR count). The van der Waals surface area contributed by atoms with Gasteiger partial charge in [0.25, 0.3) is 0 Å². The van der Waals surface area contributed by atoms with Gasteiger partial charge in [0, 0.05) is 31.5 Å². The molecular formula is C15H21N5O3S. The Hall–Kier alpha value is -2.29. The average Bonchev–Trinajstić information content (AvgIpc) is 3.21. The number of aryl methyl sites for hydroxylation is 2. The van der Waals surface area contributed by atoms with Crippen LogP contribution in [0.3, 0.4) is 0 Å². The van der Waals surface area contributed by atoms with E-state index < -0.39 is 0 Å². The predicted octanol–water partition coefficient (Wildman–Crippen LogP) is 1.45. The number of carbonyl (C=O) groups excluding carboxylic acids is 2. The molecule has 1 atom stereocenters. The molecule has 130 valence electrons. The lowest BCUT2D eigenvalue weighted by atomic mass is 10.4. The number of amides is 2. The molecule has 0 saturated carbocycles. The summed E-state index contributed by atoms with van der Waals surface area (Å²) in [6.45, 7) is 4.90. The number of rotatable bonds is 9. The summed E-state index contributed by atoms with van der Waals surface area (Å²) >= 11 is 1.28. The van der Waals surface area contributed by atoms with Crippen LogP contribution in [-0.2, 0) is 16.1 Å². The number of thioether (sulfide) groups is 1. The van der Waals surface area contributed by atoms with Gasteiger partial charge in [0.15, 0.2) is 5.82 Å². The van der Waals surface area contributed by atoms with Crippen LogP contribution in [0.25, 0.3) is 0 Å². The number of nitrogens with one attached hydrogen (secondary N) is 2. The fraction of sp³-hybridized carbons (Fsp3) is 0.467. The summed E-state index contributed by atoms with van der Waals surface area (Å²) in [7, 11) is 0. The molecule has 0 aliphatic heterocycles. The quantitative estimate of drug-likeness (QED) is 0.663. The highest BCUT2D eigenvalue weighted by atomic mass is 32.2. The molecule has 2 heterocycles. The van der Waals surface area contributed by atoms with Gasteiger partial charge in [0.2, 0.25) is 11.8 Å². The second-order valence-corrected chi connectivity index (χ2v) is 6.60. The fourth-order valence-corrected chi connectivity index (χ4v) is 2.60. The standard InChI is InChI=1S/C15H21N5O3S/c1-11-8-13(19-23-11)18-15(22)12(2)24-9-14(21)17-4-3-6-20-7-5-16-10-20/h5,7-8,10,12H,3-4,6,9H2,1-2H3,(H,17,21)(H,18,19,22)/t12-/m0/s1. The Morgan fingerprint density at radius 3 is 2.96 bits per heavy atom. The first-order valence-corrected chi connectivity index (χ1v) is 8.67. The molecule has 0 radical (unpaired) electrons. The Labute approximate surface area is 144 Å². The summed E-state index contributed by atoms with van der Waals surface area (Å²) in [6.07, 6.45) is 6.18. The summed E-state index contributed by atoms with van der Waals surface area (Å²) in [6, 6.07) is 1.64. The van der Waals surface area contributed by atoms with Gasteiger partial charge in [-0.25, -0.2) is 4.98 Å². The van der Waals surface area contributed by atoms with Crippen LogP contribution in [0.15, 0.2) is 29.3 Å². The van der Waals surface area contributed by atoms with Gasteiger partial charge in [-0.2, -0.15) is 0 Å². The van der Waals surface area contributed by atoms with E-state index >= 15 is 0 Å². The minimum Gasteiger partial charge on any atom is -0.360 e. The average molecular weight is 351 g/mol. The first kappa shape index (κ1) is 18.1. The second-order valence-electron chi connectivity index (χ2n) is 5.27. The Morgan fingerprint density at radius 2 is 2.29 bits per heavy atom. The Kier molecular flexibility index (Phi) is 6.86. The summed E-state index contributed by atoms with van der Waals surface area (Å²) in [5.74, 6) is 0.954. The molecule has 2 aromatic heterocycles. The third-order valence-corrected chi connectivity index (χ3v) is 4.33. The van der Waals surface area contributed by atoms with E-state index in [4.69, 9.17) is 4.52 Å². The Bertz CT molecular complexity index is 656. The molecule has 0 unspecified atom stereocenters. The van der Waals surface area contributed by atoms with Gasteiger partial charge < -0.3 is 19.7 Å². The lowest BCUT2D eigenvalue weighted by Gasteiger charge is -2.10. The van der Waals surface area contributed by atoms with Crippen molar-refractivity contribution >= 4 is 29.4 Å². The highest BCUT2D eigenvalue weighted by Gasteiger charge is 2.16.